The van der Waals surface area contributed by atoms with Crippen LogP contribution in [0.2, 0.25) is 0 Å². The summed E-state index contributed by atoms with van der Waals surface area (Å²) in [5.41, 5.74) is 0.439. The van der Waals surface area contributed by atoms with Crippen LogP contribution in [0.5, 0.6) is 0 Å². The number of hydrogen-bond donors (Lipinski definition) is 1. The molecule has 5 nitrogen and oxygen atoms in total. The van der Waals surface area contributed by atoms with Crippen LogP contribution in [0.1, 0.15) is 35.8 Å². The number of aromatic carboxylic acids is 1. The molecule has 0 unspecified atom stereocenters. The normalized spacial score (nSPS) is 11.9. The van der Waals surface area contributed by atoms with E-state index in [1.54, 1.807) is 11.4 Å². The van der Waals surface area contributed by atoms with Crippen LogP contribution in [-0.2, 0) is 10.0 Å². The molecule has 2 aromatic heterocycles. The second-order valence-corrected chi connectivity index (χ2v) is 7.34. The molecular formula is C12H13NO4S2. The Morgan fingerprint density at radius 2 is 2.11 bits per heavy atom. The zero-order valence-electron chi connectivity index (χ0n) is 10.4. The summed E-state index contributed by atoms with van der Waals surface area (Å²) in [7, 11) is -3.83. The van der Waals surface area contributed by atoms with Crippen molar-refractivity contribution in [2.75, 3.05) is 0 Å². The second-order valence-electron chi connectivity index (χ2n) is 4.35. The number of thiophene rings is 1. The van der Waals surface area contributed by atoms with Crippen molar-refractivity contribution in [1.82, 2.24) is 3.97 Å². The monoisotopic (exact) mass is 299 g/mol. The first-order valence-electron chi connectivity index (χ1n) is 5.58. The quantitative estimate of drug-likeness (QED) is 0.941. The smallest absolute Gasteiger partial charge is 0.353 e. The molecule has 0 saturated carbocycles. The highest BCUT2D eigenvalue weighted by atomic mass is 32.2. The number of nitrogens with zero attached hydrogens (tertiary/aromatic N) is 1. The highest BCUT2D eigenvalue weighted by Gasteiger charge is 2.25. The minimum atomic E-state index is -3.83. The largest absolute Gasteiger partial charge is 0.477 e. The average molecular weight is 299 g/mol. The number of carbonyl (C=O) groups is 1. The molecular weight excluding hydrogens is 286 g/mol. The Bertz CT molecular complexity index is 696. The van der Waals surface area contributed by atoms with Crippen LogP contribution in [0, 0.1) is 0 Å². The Morgan fingerprint density at radius 1 is 1.42 bits per heavy atom. The molecule has 0 radical (unpaired) electrons. The predicted molar refractivity (Wildman–Crippen MR) is 72.4 cm³/mol. The molecule has 7 heteroatoms. The second kappa shape index (κ2) is 4.82. The van der Waals surface area contributed by atoms with Crippen LogP contribution >= 0.6 is 11.3 Å². The first-order valence-corrected chi connectivity index (χ1v) is 7.90. The van der Waals surface area contributed by atoms with Gasteiger partial charge in [-0.3, -0.25) is 0 Å². The van der Waals surface area contributed by atoms with Crippen LogP contribution in [0.15, 0.2) is 34.0 Å². The molecule has 0 aliphatic rings. The van der Waals surface area contributed by atoms with Gasteiger partial charge in [0.15, 0.2) is 0 Å². The van der Waals surface area contributed by atoms with Gasteiger partial charge in [-0.25, -0.2) is 8.77 Å². The Balaban J connectivity index is 2.65. The van der Waals surface area contributed by atoms with Gasteiger partial charge in [0.1, 0.15) is 9.90 Å². The van der Waals surface area contributed by atoms with Crippen LogP contribution < -0.4 is 0 Å². The topological polar surface area (TPSA) is 76.4 Å². The van der Waals surface area contributed by atoms with Gasteiger partial charge < -0.3 is 5.11 Å². The molecule has 0 bridgehead atoms. The first-order chi connectivity index (χ1) is 8.84. The zero-order valence-corrected chi connectivity index (χ0v) is 12.0. The zero-order chi connectivity index (χ0) is 14.2. The summed E-state index contributed by atoms with van der Waals surface area (Å²) in [5, 5.41) is 10.8. The standard InChI is InChI=1S/C12H13NO4S2/c1-8(2)9-6-10(12(14)15)13(7-9)19(16,17)11-4-3-5-18-11/h3-8H,1-2H3,(H,14,15). The van der Waals surface area contributed by atoms with Gasteiger partial charge in [-0.1, -0.05) is 19.9 Å². The average Bonchev–Trinajstić information content (AvgIpc) is 2.99. The number of carboxylic acid groups (broad SMARTS) is 1. The van der Waals surface area contributed by atoms with E-state index in [2.05, 4.69) is 0 Å². The lowest BCUT2D eigenvalue weighted by atomic mass is 10.1. The van der Waals surface area contributed by atoms with Gasteiger partial charge in [0.05, 0.1) is 0 Å². The highest BCUT2D eigenvalue weighted by molar-refractivity contribution is 7.92. The Morgan fingerprint density at radius 3 is 2.58 bits per heavy atom. The van der Waals surface area contributed by atoms with Gasteiger partial charge >= 0.3 is 5.97 Å². The van der Waals surface area contributed by atoms with E-state index in [9.17, 15) is 13.2 Å². The third kappa shape index (κ3) is 2.43. The van der Waals surface area contributed by atoms with E-state index in [0.29, 0.717) is 5.56 Å². The fraction of sp³-hybridized carbons (Fsp3) is 0.250. The van der Waals surface area contributed by atoms with Crippen molar-refractivity contribution < 1.29 is 18.3 Å². The lowest BCUT2D eigenvalue weighted by molar-refractivity contribution is 0.0689. The van der Waals surface area contributed by atoms with Crippen molar-refractivity contribution in [2.45, 2.75) is 24.0 Å². The van der Waals surface area contributed by atoms with Crippen molar-refractivity contribution in [3.05, 3.63) is 41.0 Å². The summed E-state index contributed by atoms with van der Waals surface area (Å²) < 4.78 is 25.7. The molecule has 19 heavy (non-hydrogen) atoms. The fourth-order valence-corrected chi connectivity index (χ4v) is 4.08. The third-order valence-electron chi connectivity index (χ3n) is 2.70. The molecule has 0 aliphatic carbocycles. The Kier molecular flexibility index (Phi) is 3.51. The van der Waals surface area contributed by atoms with Crippen LogP contribution in [0.25, 0.3) is 0 Å². The van der Waals surface area contributed by atoms with Crippen molar-refractivity contribution >= 4 is 27.3 Å². The van der Waals surface area contributed by atoms with Crippen LogP contribution in [0.4, 0.5) is 0 Å². The summed E-state index contributed by atoms with van der Waals surface area (Å²) in [6, 6.07) is 4.48. The van der Waals surface area contributed by atoms with E-state index in [0.717, 1.165) is 15.3 Å². The van der Waals surface area contributed by atoms with Gasteiger partial charge in [-0.05, 0) is 29.0 Å². The lowest BCUT2D eigenvalue weighted by Gasteiger charge is -2.05. The van der Waals surface area contributed by atoms with E-state index < -0.39 is 16.0 Å². The molecule has 102 valence electrons. The van der Waals surface area contributed by atoms with Gasteiger partial charge in [-0.15, -0.1) is 11.3 Å². The van der Waals surface area contributed by atoms with Gasteiger partial charge in [0, 0.05) is 6.20 Å². The van der Waals surface area contributed by atoms with E-state index in [4.69, 9.17) is 5.11 Å². The van der Waals surface area contributed by atoms with Gasteiger partial charge in [0.2, 0.25) is 0 Å². The molecule has 0 aliphatic heterocycles. The summed E-state index contributed by atoms with van der Waals surface area (Å²) in [5.74, 6) is -1.20. The van der Waals surface area contributed by atoms with Crippen molar-refractivity contribution in [3.8, 4) is 0 Å². The maximum atomic E-state index is 12.4. The molecule has 0 atom stereocenters. The minimum absolute atomic E-state index is 0.0536. The summed E-state index contributed by atoms with van der Waals surface area (Å²) in [6.07, 6.45) is 1.38. The fourth-order valence-electron chi connectivity index (χ4n) is 1.64. The third-order valence-corrected chi connectivity index (χ3v) is 5.75. The van der Waals surface area contributed by atoms with E-state index in [-0.39, 0.29) is 15.8 Å². The number of aromatic nitrogens is 1. The van der Waals surface area contributed by atoms with Crippen molar-refractivity contribution in [2.24, 2.45) is 0 Å². The molecule has 0 aromatic carbocycles. The maximum Gasteiger partial charge on any atom is 0.353 e. The molecule has 0 fully saturated rings. The van der Waals surface area contributed by atoms with E-state index in [1.165, 1.54) is 18.3 Å². The Hall–Kier alpha value is -1.60. The van der Waals surface area contributed by atoms with Crippen molar-refractivity contribution in [3.63, 3.8) is 0 Å². The lowest BCUT2D eigenvalue weighted by Crippen LogP contribution is -2.16. The Labute approximate surface area is 115 Å². The highest BCUT2D eigenvalue weighted by Crippen LogP contribution is 2.25. The maximum absolute atomic E-state index is 12.4. The summed E-state index contributed by atoms with van der Waals surface area (Å²) in [4.78, 5) is 11.2. The number of rotatable bonds is 4. The molecule has 2 heterocycles. The van der Waals surface area contributed by atoms with Crippen molar-refractivity contribution in [1.29, 1.82) is 0 Å². The van der Waals surface area contributed by atoms with E-state index in [1.807, 2.05) is 13.8 Å². The summed E-state index contributed by atoms with van der Waals surface area (Å²) >= 11 is 1.06. The van der Waals surface area contributed by atoms with E-state index >= 15 is 0 Å². The predicted octanol–water partition coefficient (Wildman–Crippen LogP) is 2.61. The molecule has 0 amide bonds. The van der Waals surface area contributed by atoms with Gasteiger partial charge in [-0.2, -0.15) is 8.42 Å². The molecule has 2 rings (SSSR count). The van der Waals surface area contributed by atoms with Crippen LogP contribution in [0.3, 0.4) is 0 Å². The first kappa shape index (κ1) is 13.8. The number of hydrogen-bond acceptors (Lipinski definition) is 4. The minimum Gasteiger partial charge on any atom is -0.477 e. The van der Waals surface area contributed by atoms with Crippen LogP contribution in [-0.4, -0.2) is 23.5 Å². The molecule has 0 saturated heterocycles. The SMILES string of the molecule is CC(C)c1cc(C(=O)O)n(S(=O)(=O)c2cccs2)c1. The molecule has 0 spiro atoms. The molecule has 1 N–H and O–H groups in total. The number of carboxylic acids is 1. The summed E-state index contributed by atoms with van der Waals surface area (Å²) in [6.45, 7) is 3.76. The van der Waals surface area contributed by atoms with Gasteiger partial charge in [0.25, 0.3) is 10.0 Å². The molecule has 2 aromatic rings.